The van der Waals surface area contributed by atoms with Gasteiger partial charge in [-0.1, -0.05) is 160 Å². The van der Waals surface area contributed by atoms with Crippen LogP contribution in [0.5, 0.6) is 0 Å². The molecule has 0 bridgehead atoms. The summed E-state index contributed by atoms with van der Waals surface area (Å²) in [6.07, 6.45) is 12.8. The Morgan fingerprint density at radius 2 is 0.571 bits per heavy atom. The lowest BCUT2D eigenvalue weighted by Gasteiger charge is -2.35. The van der Waals surface area contributed by atoms with E-state index in [2.05, 4.69) is 121 Å². The molecule has 224 valence electrons. The summed E-state index contributed by atoms with van der Waals surface area (Å²) in [5.74, 6) is 0. The summed E-state index contributed by atoms with van der Waals surface area (Å²) in [6, 6.07) is 42.3. The topological polar surface area (TPSA) is 47.7 Å². The number of hydrogen-bond donors (Lipinski definition) is 2. The summed E-state index contributed by atoms with van der Waals surface area (Å²) in [6.45, 7) is 0. The molecule has 2 saturated carbocycles. The van der Waals surface area contributed by atoms with E-state index in [1.807, 2.05) is 0 Å². The van der Waals surface area contributed by atoms with Gasteiger partial charge in [0.15, 0.2) is 0 Å². The van der Waals surface area contributed by atoms with Crippen molar-refractivity contribution in [3.63, 3.8) is 0 Å². The lowest BCUT2D eigenvalue weighted by molar-refractivity contribution is 0.511. The molecule has 0 atom stereocenters. The van der Waals surface area contributed by atoms with Crippen molar-refractivity contribution in [2.45, 2.75) is 75.5 Å². The first-order valence-corrected chi connectivity index (χ1v) is 18.8. The van der Waals surface area contributed by atoms with Crippen LogP contribution in [0.2, 0.25) is 0 Å². The molecule has 6 rings (SSSR count). The fourth-order valence-electron chi connectivity index (χ4n) is 6.73. The Labute approximate surface area is 266 Å². The highest BCUT2D eigenvalue weighted by Gasteiger charge is 2.34. The van der Waals surface area contributed by atoms with Crippen LogP contribution >= 0.6 is 38.9 Å². The smallest absolute Gasteiger partial charge is 0.0267 e. The van der Waals surface area contributed by atoms with Crippen molar-refractivity contribution in [2.75, 3.05) is 0 Å². The Bertz CT molecular complexity index is 1210. The minimum absolute atomic E-state index is 0. The van der Waals surface area contributed by atoms with Gasteiger partial charge in [0.1, 0.15) is 0 Å². The Hall–Kier alpha value is -2.08. The maximum absolute atomic E-state index is 9.41. The van der Waals surface area contributed by atoms with Crippen LogP contribution in [0.25, 0.3) is 0 Å². The Morgan fingerprint density at radius 3 is 0.786 bits per heavy atom. The van der Waals surface area contributed by atoms with Crippen molar-refractivity contribution in [3.05, 3.63) is 121 Å². The van der Waals surface area contributed by atoms with Crippen molar-refractivity contribution in [3.8, 4) is 0 Å². The number of rotatable bonds is 6. The summed E-state index contributed by atoms with van der Waals surface area (Å²) < 4.78 is 0. The van der Waals surface area contributed by atoms with Crippen LogP contribution < -0.4 is 21.2 Å². The molecule has 2 N–H and O–H groups in total. The standard InChI is InChI=1S/2C18H22NP.2ClH/c2*19-20(16-10-4-1-5-11-16,17-12-6-2-7-13-17)18-14-8-3-9-15-18;;/h2*1-2,4-7,10-13,18-19H,3,8-9,14-15H2;2*1H. The second-order valence-electron chi connectivity index (χ2n) is 11.4. The van der Waals surface area contributed by atoms with Gasteiger partial charge in [0, 0.05) is 25.4 Å². The monoisotopic (exact) mass is 638 g/mol. The summed E-state index contributed by atoms with van der Waals surface area (Å²) in [7, 11) is -4.00. The largest absolute Gasteiger partial charge is 0.309 e. The van der Waals surface area contributed by atoms with Gasteiger partial charge in [-0.2, -0.15) is 0 Å². The van der Waals surface area contributed by atoms with E-state index in [0.29, 0.717) is 11.3 Å². The van der Waals surface area contributed by atoms with Crippen LogP contribution in [-0.4, -0.2) is 11.3 Å². The predicted molar refractivity (Wildman–Crippen MR) is 192 cm³/mol. The van der Waals surface area contributed by atoms with Crippen molar-refractivity contribution in [2.24, 2.45) is 0 Å². The summed E-state index contributed by atoms with van der Waals surface area (Å²) in [4.78, 5) is 0. The first-order valence-electron chi connectivity index (χ1n) is 15.1. The van der Waals surface area contributed by atoms with Gasteiger partial charge in [-0.3, -0.25) is 0 Å². The van der Waals surface area contributed by atoms with E-state index in [4.69, 9.17) is 0 Å². The van der Waals surface area contributed by atoms with E-state index >= 15 is 0 Å². The maximum atomic E-state index is 9.41. The average molecular weight is 640 g/mol. The van der Waals surface area contributed by atoms with Gasteiger partial charge in [0.05, 0.1) is 0 Å². The molecular formula is C36H46Cl2N2P2. The first-order chi connectivity index (χ1) is 19.6. The zero-order valence-corrected chi connectivity index (χ0v) is 27.9. The van der Waals surface area contributed by atoms with Crippen LogP contribution in [0.4, 0.5) is 0 Å². The van der Waals surface area contributed by atoms with Gasteiger partial charge >= 0.3 is 0 Å². The summed E-state index contributed by atoms with van der Waals surface area (Å²) in [5, 5.41) is 23.8. The number of hydrogen-bond acceptors (Lipinski definition) is 2. The van der Waals surface area contributed by atoms with Gasteiger partial charge < -0.3 is 10.3 Å². The summed E-state index contributed by atoms with van der Waals surface area (Å²) >= 11 is 0. The van der Waals surface area contributed by atoms with Crippen LogP contribution in [0.3, 0.4) is 0 Å². The van der Waals surface area contributed by atoms with Crippen LogP contribution in [0.15, 0.2) is 121 Å². The van der Waals surface area contributed by atoms with Crippen LogP contribution in [0.1, 0.15) is 64.2 Å². The number of nitrogens with one attached hydrogen (secondary N) is 2. The lowest BCUT2D eigenvalue weighted by atomic mass is 10.0. The summed E-state index contributed by atoms with van der Waals surface area (Å²) in [5.41, 5.74) is 1.09. The minimum atomic E-state index is -2.00. The van der Waals surface area contributed by atoms with Gasteiger partial charge in [-0.25, -0.2) is 0 Å². The fourth-order valence-corrected chi connectivity index (χ4v) is 13.9. The molecule has 2 nitrogen and oxygen atoms in total. The zero-order chi connectivity index (χ0) is 27.7. The second kappa shape index (κ2) is 16.7. The lowest BCUT2D eigenvalue weighted by Crippen LogP contribution is -2.27. The highest BCUT2D eigenvalue weighted by Crippen LogP contribution is 2.55. The van der Waals surface area contributed by atoms with Gasteiger partial charge in [0.25, 0.3) is 0 Å². The molecule has 4 aromatic rings. The van der Waals surface area contributed by atoms with Gasteiger partial charge in [-0.05, 0) is 46.9 Å². The zero-order valence-electron chi connectivity index (χ0n) is 24.5. The fraction of sp³-hybridized carbons (Fsp3) is 0.333. The molecule has 2 aliphatic carbocycles. The third-order valence-corrected chi connectivity index (χ3v) is 16.6. The van der Waals surface area contributed by atoms with Crippen molar-refractivity contribution in [1.29, 1.82) is 10.3 Å². The first kappa shape index (κ1) is 34.4. The third-order valence-electron chi connectivity index (χ3n) is 8.90. The van der Waals surface area contributed by atoms with Crippen molar-refractivity contribution < 1.29 is 0 Å². The average Bonchev–Trinajstić information content (AvgIpc) is 3.07. The molecule has 0 radical (unpaired) electrons. The molecule has 0 aromatic heterocycles. The van der Waals surface area contributed by atoms with Crippen LogP contribution in [-0.2, 0) is 0 Å². The van der Waals surface area contributed by atoms with Gasteiger partial charge in [-0.15, -0.1) is 24.8 Å². The molecular weight excluding hydrogens is 593 g/mol. The van der Waals surface area contributed by atoms with E-state index in [1.54, 1.807) is 0 Å². The third kappa shape index (κ3) is 7.70. The predicted octanol–water partition coefficient (Wildman–Crippen LogP) is 10.3. The molecule has 0 spiro atoms. The molecule has 0 unspecified atom stereocenters. The molecule has 2 fully saturated rings. The molecule has 4 aromatic carbocycles. The van der Waals surface area contributed by atoms with Gasteiger partial charge in [0.2, 0.25) is 0 Å². The molecule has 0 saturated heterocycles. The molecule has 0 aliphatic heterocycles. The van der Waals surface area contributed by atoms with E-state index in [1.165, 1.54) is 85.4 Å². The highest BCUT2D eigenvalue weighted by atomic mass is 35.5. The minimum Gasteiger partial charge on any atom is -0.309 e. The number of benzene rings is 4. The van der Waals surface area contributed by atoms with Crippen LogP contribution in [0, 0.1) is 10.3 Å². The molecule has 2 aliphatic rings. The van der Waals surface area contributed by atoms with Crippen molar-refractivity contribution >= 4 is 60.1 Å². The number of halogens is 2. The molecule has 0 heterocycles. The highest BCUT2D eigenvalue weighted by molar-refractivity contribution is 7.80. The molecule has 0 amide bonds. The van der Waals surface area contributed by atoms with E-state index in [0.717, 1.165) is 0 Å². The maximum Gasteiger partial charge on any atom is 0.0267 e. The SMILES string of the molecule is Cl.Cl.N=P(c1ccccc1)(c1ccccc1)C1CCCCC1.N=P(c1ccccc1)(c1ccccc1)C1CCCCC1. The Kier molecular flexibility index (Phi) is 13.7. The quantitative estimate of drug-likeness (QED) is 0.197. The Balaban J connectivity index is 0.000000220. The molecule has 6 heteroatoms. The van der Waals surface area contributed by atoms with E-state index < -0.39 is 14.1 Å². The Morgan fingerprint density at radius 1 is 0.357 bits per heavy atom. The second-order valence-corrected chi connectivity index (χ2v) is 17.8. The normalized spacial score (nSPS) is 16.2. The van der Waals surface area contributed by atoms with E-state index in [9.17, 15) is 10.3 Å². The van der Waals surface area contributed by atoms with E-state index in [-0.39, 0.29) is 24.8 Å². The molecule has 42 heavy (non-hydrogen) atoms. The van der Waals surface area contributed by atoms with Crippen molar-refractivity contribution in [1.82, 2.24) is 0 Å².